The van der Waals surface area contributed by atoms with Gasteiger partial charge in [0.2, 0.25) is 0 Å². The lowest BCUT2D eigenvalue weighted by atomic mass is 10.1. The summed E-state index contributed by atoms with van der Waals surface area (Å²) >= 11 is 0. The molecule has 18 heavy (non-hydrogen) atoms. The van der Waals surface area contributed by atoms with E-state index in [1.54, 1.807) is 13.3 Å². The lowest BCUT2D eigenvalue weighted by Crippen LogP contribution is -2.30. The number of aromatic nitrogens is 2. The van der Waals surface area contributed by atoms with Crippen LogP contribution < -0.4 is 4.90 Å². The van der Waals surface area contributed by atoms with Crippen molar-refractivity contribution >= 4 is 11.8 Å². The summed E-state index contributed by atoms with van der Waals surface area (Å²) in [6, 6.07) is 0. The molecule has 1 aliphatic heterocycles. The van der Waals surface area contributed by atoms with Crippen molar-refractivity contribution < 1.29 is 14.6 Å². The normalized spacial score (nSPS) is 15.4. The van der Waals surface area contributed by atoms with E-state index in [2.05, 4.69) is 16.0 Å². The number of carbonyl (C=O) groups is 1. The summed E-state index contributed by atoms with van der Waals surface area (Å²) in [7, 11) is 1.68. The van der Waals surface area contributed by atoms with E-state index in [0.717, 1.165) is 13.0 Å². The highest BCUT2D eigenvalue weighted by Crippen LogP contribution is 2.17. The fourth-order valence-electron chi connectivity index (χ4n) is 1.85. The third kappa shape index (κ3) is 2.84. The molecule has 96 valence electrons. The van der Waals surface area contributed by atoms with E-state index < -0.39 is 5.97 Å². The third-order valence-corrected chi connectivity index (χ3v) is 2.80. The number of hydrogen-bond donors (Lipinski definition) is 1. The fraction of sp³-hybridized carbons (Fsp3) is 0.417. The van der Waals surface area contributed by atoms with Crippen LogP contribution in [0.3, 0.4) is 0 Å². The molecule has 0 aliphatic carbocycles. The summed E-state index contributed by atoms with van der Waals surface area (Å²) in [5.74, 6) is -0.459. The van der Waals surface area contributed by atoms with Crippen molar-refractivity contribution in [1.82, 2.24) is 9.97 Å². The van der Waals surface area contributed by atoms with E-state index in [0.29, 0.717) is 19.0 Å². The van der Waals surface area contributed by atoms with Crippen molar-refractivity contribution in [2.45, 2.75) is 6.42 Å². The first-order chi connectivity index (χ1) is 8.70. The second kappa shape index (κ2) is 5.59. The Hall–Kier alpha value is -1.95. The van der Waals surface area contributed by atoms with Gasteiger partial charge in [-0.15, -0.1) is 0 Å². The van der Waals surface area contributed by atoms with Crippen LogP contribution in [-0.4, -0.2) is 47.8 Å². The van der Waals surface area contributed by atoms with Crippen molar-refractivity contribution in [3.05, 3.63) is 29.7 Å². The maximum absolute atomic E-state index is 10.8. The van der Waals surface area contributed by atoms with Gasteiger partial charge in [0.15, 0.2) is 5.69 Å². The van der Waals surface area contributed by atoms with Gasteiger partial charge in [-0.05, 0) is 12.0 Å². The van der Waals surface area contributed by atoms with Crippen molar-refractivity contribution in [3.63, 3.8) is 0 Å². The van der Waals surface area contributed by atoms with Crippen LogP contribution in [0, 0.1) is 0 Å². The number of ether oxygens (including phenoxy) is 1. The van der Waals surface area contributed by atoms with E-state index >= 15 is 0 Å². The number of aromatic carboxylic acids is 1. The molecule has 0 amide bonds. The van der Waals surface area contributed by atoms with Gasteiger partial charge in [-0.2, -0.15) is 0 Å². The van der Waals surface area contributed by atoms with Crippen LogP contribution in [0.15, 0.2) is 24.0 Å². The predicted molar refractivity (Wildman–Crippen MR) is 65.8 cm³/mol. The summed E-state index contributed by atoms with van der Waals surface area (Å²) < 4.78 is 5.08. The lowest BCUT2D eigenvalue weighted by Gasteiger charge is -2.27. The van der Waals surface area contributed by atoms with Gasteiger partial charge in [-0.1, -0.05) is 6.08 Å². The molecule has 0 aromatic carbocycles. The van der Waals surface area contributed by atoms with Gasteiger partial charge in [-0.3, -0.25) is 4.98 Å². The Morgan fingerprint density at radius 1 is 1.56 bits per heavy atom. The zero-order chi connectivity index (χ0) is 13.0. The molecule has 1 aromatic rings. The number of methoxy groups -OCH3 is 1. The van der Waals surface area contributed by atoms with E-state index in [-0.39, 0.29) is 5.69 Å². The average Bonchev–Trinajstić information content (AvgIpc) is 2.40. The fourth-order valence-corrected chi connectivity index (χ4v) is 1.85. The molecule has 6 nitrogen and oxygen atoms in total. The summed E-state index contributed by atoms with van der Waals surface area (Å²) in [5, 5.41) is 8.87. The highest BCUT2D eigenvalue weighted by molar-refractivity contribution is 5.85. The standard InChI is InChI=1S/C12H15N3O3/c1-18-8-9-2-4-15(5-3-9)11-7-13-6-10(14-11)12(16)17/h2,6-7H,3-5,8H2,1H3,(H,16,17). The summed E-state index contributed by atoms with van der Waals surface area (Å²) in [5.41, 5.74) is 1.23. The second-order valence-corrected chi connectivity index (χ2v) is 4.06. The third-order valence-electron chi connectivity index (χ3n) is 2.80. The highest BCUT2D eigenvalue weighted by Gasteiger charge is 2.15. The molecule has 6 heteroatoms. The molecule has 0 spiro atoms. The molecule has 1 aliphatic rings. The molecule has 0 bridgehead atoms. The Labute approximate surface area is 105 Å². The maximum atomic E-state index is 10.8. The minimum absolute atomic E-state index is 0.0285. The molecular formula is C12H15N3O3. The zero-order valence-electron chi connectivity index (χ0n) is 10.2. The SMILES string of the molecule is COCC1=CCN(c2cncc(C(=O)O)n2)CC1. The van der Waals surface area contributed by atoms with Crippen LogP contribution in [0.1, 0.15) is 16.9 Å². The van der Waals surface area contributed by atoms with Gasteiger partial charge in [0, 0.05) is 20.2 Å². The first kappa shape index (κ1) is 12.5. The molecule has 0 atom stereocenters. The van der Waals surface area contributed by atoms with Gasteiger partial charge in [0.25, 0.3) is 0 Å². The van der Waals surface area contributed by atoms with Crippen molar-refractivity contribution in [2.75, 3.05) is 31.7 Å². The monoisotopic (exact) mass is 249 g/mol. The van der Waals surface area contributed by atoms with Crippen LogP contribution in [0.5, 0.6) is 0 Å². The molecule has 2 rings (SSSR count). The van der Waals surface area contributed by atoms with Gasteiger partial charge in [0.05, 0.1) is 19.0 Å². The molecule has 1 aromatic heterocycles. The molecular weight excluding hydrogens is 234 g/mol. The topological polar surface area (TPSA) is 75.5 Å². The Bertz CT molecular complexity index is 473. The number of hydrogen-bond acceptors (Lipinski definition) is 5. The molecule has 0 radical (unpaired) electrons. The van der Waals surface area contributed by atoms with Crippen molar-refractivity contribution in [2.24, 2.45) is 0 Å². The highest BCUT2D eigenvalue weighted by atomic mass is 16.5. The number of nitrogens with zero attached hydrogens (tertiary/aromatic N) is 3. The molecule has 0 saturated carbocycles. The first-order valence-corrected chi connectivity index (χ1v) is 5.68. The van der Waals surface area contributed by atoms with Crippen molar-refractivity contribution in [3.8, 4) is 0 Å². The first-order valence-electron chi connectivity index (χ1n) is 5.68. The minimum Gasteiger partial charge on any atom is -0.476 e. The number of carboxylic acids is 1. The summed E-state index contributed by atoms with van der Waals surface area (Å²) in [6.45, 7) is 2.15. The summed E-state index contributed by atoms with van der Waals surface area (Å²) in [4.78, 5) is 20.8. The van der Waals surface area contributed by atoms with Crippen LogP contribution in [0.2, 0.25) is 0 Å². The Morgan fingerprint density at radius 3 is 3.00 bits per heavy atom. The molecule has 0 fully saturated rings. The van der Waals surface area contributed by atoms with Gasteiger partial charge in [-0.25, -0.2) is 9.78 Å². The van der Waals surface area contributed by atoms with Crippen LogP contribution in [0.4, 0.5) is 5.82 Å². The van der Waals surface area contributed by atoms with Crippen LogP contribution in [0.25, 0.3) is 0 Å². The number of anilines is 1. The van der Waals surface area contributed by atoms with Crippen LogP contribution in [-0.2, 0) is 4.74 Å². The quantitative estimate of drug-likeness (QED) is 0.801. The van der Waals surface area contributed by atoms with Gasteiger partial charge >= 0.3 is 5.97 Å². The number of carboxylic acid groups (broad SMARTS) is 1. The maximum Gasteiger partial charge on any atom is 0.356 e. The Morgan fingerprint density at radius 2 is 2.39 bits per heavy atom. The lowest BCUT2D eigenvalue weighted by molar-refractivity contribution is 0.0690. The molecule has 0 unspecified atom stereocenters. The molecule has 1 N–H and O–H groups in total. The van der Waals surface area contributed by atoms with Gasteiger partial charge in [0.1, 0.15) is 5.82 Å². The van der Waals surface area contributed by atoms with E-state index in [1.807, 2.05) is 4.90 Å². The average molecular weight is 249 g/mol. The van der Waals surface area contributed by atoms with Crippen LogP contribution >= 0.6 is 0 Å². The molecule has 2 heterocycles. The Balaban J connectivity index is 2.09. The number of rotatable bonds is 4. The van der Waals surface area contributed by atoms with Gasteiger partial charge < -0.3 is 14.7 Å². The minimum atomic E-state index is -1.06. The zero-order valence-corrected chi connectivity index (χ0v) is 10.2. The largest absolute Gasteiger partial charge is 0.476 e. The second-order valence-electron chi connectivity index (χ2n) is 4.06. The van der Waals surface area contributed by atoms with E-state index in [1.165, 1.54) is 11.8 Å². The smallest absolute Gasteiger partial charge is 0.356 e. The van der Waals surface area contributed by atoms with Crippen molar-refractivity contribution in [1.29, 1.82) is 0 Å². The Kier molecular flexibility index (Phi) is 3.88. The molecule has 0 saturated heterocycles. The van der Waals surface area contributed by atoms with E-state index in [4.69, 9.17) is 9.84 Å². The van der Waals surface area contributed by atoms with E-state index in [9.17, 15) is 4.79 Å². The summed E-state index contributed by atoms with van der Waals surface area (Å²) in [6.07, 6.45) is 5.82. The predicted octanol–water partition coefficient (Wildman–Crippen LogP) is 0.958.